The molecule has 0 saturated heterocycles. The molecule has 0 bridgehead atoms. The first-order valence-corrected chi connectivity index (χ1v) is 7.80. The predicted octanol–water partition coefficient (Wildman–Crippen LogP) is 3.01. The molecule has 2 rings (SSSR count). The number of aliphatic imine (C=N–C) groups is 1. The van der Waals surface area contributed by atoms with E-state index in [1.54, 1.807) is 20.4 Å². The summed E-state index contributed by atoms with van der Waals surface area (Å²) in [6.45, 7) is 1.49. The van der Waals surface area contributed by atoms with Crippen LogP contribution in [0.1, 0.15) is 17.5 Å². The van der Waals surface area contributed by atoms with Crippen LogP contribution >= 0.6 is 24.0 Å². The molecule has 24 heavy (non-hydrogen) atoms. The van der Waals surface area contributed by atoms with Crippen molar-refractivity contribution in [3.05, 3.63) is 59.8 Å². The highest BCUT2D eigenvalue weighted by Gasteiger charge is 2.04. The normalized spacial score (nSPS) is 10.7. The van der Waals surface area contributed by atoms with E-state index in [1.165, 1.54) is 5.56 Å². The van der Waals surface area contributed by atoms with Crippen molar-refractivity contribution in [1.29, 1.82) is 0 Å². The summed E-state index contributed by atoms with van der Waals surface area (Å²) < 4.78 is 5.25. The van der Waals surface area contributed by atoms with Gasteiger partial charge in [-0.05, 0) is 24.5 Å². The first-order valence-electron chi connectivity index (χ1n) is 7.80. The second-order valence-corrected chi connectivity index (χ2v) is 5.11. The third-order valence-corrected chi connectivity index (χ3v) is 3.49. The molecular weight excluding hydrogens is 415 g/mol. The van der Waals surface area contributed by atoms with Crippen LogP contribution in [0.4, 0.5) is 0 Å². The van der Waals surface area contributed by atoms with Crippen molar-refractivity contribution in [2.75, 3.05) is 20.7 Å². The van der Waals surface area contributed by atoms with Crippen molar-refractivity contribution < 1.29 is 4.74 Å². The number of aromatic nitrogens is 1. The Morgan fingerprint density at radius 1 is 1.12 bits per heavy atom. The average molecular weight is 440 g/mol. The van der Waals surface area contributed by atoms with Crippen LogP contribution in [0.15, 0.2) is 53.7 Å². The molecule has 130 valence electrons. The summed E-state index contributed by atoms with van der Waals surface area (Å²) in [5, 5.41) is 6.60. The molecule has 0 amide bonds. The Labute approximate surface area is 161 Å². The number of hydrogen-bond donors (Lipinski definition) is 2. The molecule has 2 aromatic rings. The largest absolute Gasteiger partial charge is 0.481 e. The number of aryl methyl sites for hydroxylation is 1. The van der Waals surface area contributed by atoms with Crippen LogP contribution in [0.25, 0.3) is 0 Å². The molecule has 0 aliphatic heterocycles. The minimum absolute atomic E-state index is 0. The van der Waals surface area contributed by atoms with Crippen LogP contribution in [0, 0.1) is 0 Å². The van der Waals surface area contributed by atoms with E-state index in [9.17, 15) is 0 Å². The zero-order valence-corrected chi connectivity index (χ0v) is 16.5. The van der Waals surface area contributed by atoms with E-state index in [4.69, 9.17) is 4.74 Å². The molecule has 0 radical (unpaired) electrons. The summed E-state index contributed by atoms with van der Waals surface area (Å²) in [4.78, 5) is 8.42. The van der Waals surface area contributed by atoms with Gasteiger partial charge >= 0.3 is 0 Å². The van der Waals surface area contributed by atoms with Crippen LogP contribution in [-0.2, 0) is 13.0 Å². The highest BCUT2D eigenvalue weighted by atomic mass is 127. The van der Waals surface area contributed by atoms with E-state index in [1.807, 2.05) is 18.2 Å². The van der Waals surface area contributed by atoms with Gasteiger partial charge in [0.2, 0.25) is 5.88 Å². The Morgan fingerprint density at radius 2 is 1.92 bits per heavy atom. The van der Waals surface area contributed by atoms with Gasteiger partial charge in [-0.3, -0.25) is 4.99 Å². The fourth-order valence-electron chi connectivity index (χ4n) is 2.29. The van der Waals surface area contributed by atoms with Gasteiger partial charge in [0.1, 0.15) is 0 Å². The number of hydrogen-bond acceptors (Lipinski definition) is 3. The van der Waals surface area contributed by atoms with Crippen LogP contribution in [0.2, 0.25) is 0 Å². The molecular formula is C18H25IN4O. The standard InChI is InChI=1S/C18H24N4O.HI/c1-19-18(21-13-6-10-15-8-4-3-5-9-15)22-14-16-11-7-12-20-17(16)23-2;/h3-5,7-9,11-12H,6,10,13-14H2,1-2H3,(H2,19,21,22);1H. The predicted molar refractivity (Wildman–Crippen MR) is 109 cm³/mol. The van der Waals surface area contributed by atoms with Gasteiger partial charge in [0.05, 0.1) is 7.11 Å². The number of nitrogens with zero attached hydrogens (tertiary/aromatic N) is 2. The van der Waals surface area contributed by atoms with E-state index in [0.29, 0.717) is 12.4 Å². The monoisotopic (exact) mass is 440 g/mol. The van der Waals surface area contributed by atoms with Gasteiger partial charge in [-0.15, -0.1) is 24.0 Å². The molecule has 0 spiro atoms. The first kappa shape index (κ1) is 20.2. The summed E-state index contributed by atoms with van der Waals surface area (Å²) >= 11 is 0. The highest BCUT2D eigenvalue weighted by Crippen LogP contribution is 2.12. The maximum absolute atomic E-state index is 5.25. The summed E-state index contributed by atoms with van der Waals surface area (Å²) in [6, 6.07) is 14.4. The van der Waals surface area contributed by atoms with Gasteiger partial charge in [0.25, 0.3) is 0 Å². The number of pyridine rings is 1. The molecule has 1 aromatic heterocycles. The number of halogens is 1. The van der Waals surface area contributed by atoms with E-state index in [2.05, 4.69) is 44.9 Å². The SMILES string of the molecule is CN=C(NCCCc1ccccc1)NCc1cccnc1OC.I. The van der Waals surface area contributed by atoms with E-state index in [-0.39, 0.29) is 24.0 Å². The number of guanidine groups is 1. The molecule has 2 N–H and O–H groups in total. The zero-order chi connectivity index (χ0) is 16.3. The Bertz CT molecular complexity index is 619. The lowest BCUT2D eigenvalue weighted by Crippen LogP contribution is -2.37. The van der Waals surface area contributed by atoms with Gasteiger partial charge in [-0.25, -0.2) is 4.98 Å². The van der Waals surface area contributed by atoms with Crippen molar-refractivity contribution in [1.82, 2.24) is 15.6 Å². The third-order valence-electron chi connectivity index (χ3n) is 3.49. The summed E-state index contributed by atoms with van der Waals surface area (Å²) in [5.74, 6) is 1.42. The molecule has 1 heterocycles. The second-order valence-electron chi connectivity index (χ2n) is 5.11. The summed E-state index contributed by atoms with van der Waals surface area (Å²) in [5.41, 5.74) is 2.36. The first-order chi connectivity index (χ1) is 11.3. The minimum Gasteiger partial charge on any atom is -0.481 e. The Balaban J connectivity index is 0.00000288. The van der Waals surface area contributed by atoms with Gasteiger partial charge in [-0.2, -0.15) is 0 Å². The lowest BCUT2D eigenvalue weighted by Gasteiger charge is -2.13. The zero-order valence-electron chi connectivity index (χ0n) is 14.2. The van der Waals surface area contributed by atoms with Crippen LogP contribution < -0.4 is 15.4 Å². The molecule has 6 heteroatoms. The molecule has 0 saturated carbocycles. The molecule has 0 unspecified atom stereocenters. The van der Waals surface area contributed by atoms with E-state index in [0.717, 1.165) is 30.9 Å². The van der Waals surface area contributed by atoms with Crippen LogP contribution in [0.3, 0.4) is 0 Å². The number of benzene rings is 1. The van der Waals surface area contributed by atoms with Crippen molar-refractivity contribution in [3.8, 4) is 5.88 Å². The number of nitrogens with one attached hydrogen (secondary N) is 2. The number of methoxy groups -OCH3 is 1. The quantitative estimate of drug-likeness (QED) is 0.301. The summed E-state index contributed by atoms with van der Waals surface area (Å²) in [7, 11) is 3.40. The van der Waals surface area contributed by atoms with E-state index >= 15 is 0 Å². The third kappa shape index (κ3) is 6.74. The summed E-state index contributed by atoms with van der Waals surface area (Å²) in [6.07, 6.45) is 3.83. The molecule has 0 atom stereocenters. The Hall–Kier alpha value is -1.83. The smallest absolute Gasteiger partial charge is 0.218 e. The maximum atomic E-state index is 5.25. The van der Waals surface area contributed by atoms with Crippen molar-refractivity contribution >= 4 is 29.9 Å². The molecule has 5 nitrogen and oxygen atoms in total. The lowest BCUT2D eigenvalue weighted by atomic mass is 10.1. The fourth-order valence-corrected chi connectivity index (χ4v) is 2.29. The number of rotatable bonds is 7. The lowest BCUT2D eigenvalue weighted by molar-refractivity contribution is 0.392. The number of ether oxygens (including phenoxy) is 1. The molecule has 0 aliphatic rings. The van der Waals surface area contributed by atoms with Gasteiger partial charge < -0.3 is 15.4 Å². The molecule has 0 aliphatic carbocycles. The van der Waals surface area contributed by atoms with Crippen molar-refractivity contribution in [3.63, 3.8) is 0 Å². The van der Waals surface area contributed by atoms with Crippen molar-refractivity contribution in [2.24, 2.45) is 4.99 Å². The van der Waals surface area contributed by atoms with Gasteiger partial charge in [-0.1, -0.05) is 36.4 Å². The topological polar surface area (TPSA) is 58.5 Å². The molecule has 1 aromatic carbocycles. The van der Waals surface area contributed by atoms with E-state index < -0.39 is 0 Å². The van der Waals surface area contributed by atoms with Gasteiger partial charge in [0.15, 0.2) is 5.96 Å². The Morgan fingerprint density at radius 3 is 2.62 bits per heavy atom. The highest BCUT2D eigenvalue weighted by molar-refractivity contribution is 14.0. The minimum atomic E-state index is 0. The van der Waals surface area contributed by atoms with Crippen LogP contribution in [0.5, 0.6) is 5.88 Å². The fraction of sp³-hybridized carbons (Fsp3) is 0.333. The van der Waals surface area contributed by atoms with Crippen molar-refractivity contribution in [2.45, 2.75) is 19.4 Å². The van der Waals surface area contributed by atoms with Crippen LogP contribution in [-0.4, -0.2) is 31.6 Å². The average Bonchev–Trinajstić information content (AvgIpc) is 2.62. The van der Waals surface area contributed by atoms with Gasteiger partial charge in [0, 0.05) is 31.9 Å². The Kier molecular flexibility index (Phi) is 9.83. The molecule has 0 fully saturated rings. The maximum Gasteiger partial charge on any atom is 0.218 e. The second kappa shape index (κ2) is 11.7.